The minimum absolute atomic E-state index is 0.187. The van der Waals surface area contributed by atoms with Gasteiger partial charge >= 0.3 is 0 Å². The number of hydrogen-bond donors (Lipinski definition) is 2. The van der Waals surface area contributed by atoms with Crippen LogP contribution >= 0.6 is 11.6 Å². The van der Waals surface area contributed by atoms with E-state index in [-0.39, 0.29) is 18.6 Å². The highest BCUT2D eigenvalue weighted by molar-refractivity contribution is 6.33. The lowest BCUT2D eigenvalue weighted by Gasteiger charge is -2.17. The van der Waals surface area contributed by atoms with Crippen LogP contribution < -0.4 is 14.8 Å². The Morgan fingerprint density at radius 1 is 1.19 bits per heavy atom. The van der Waals surface area contributed by atoms with Crippen molar-refractivity contribution in [2.45, 2.75) is 19.4 Å². The Bertz CT molecular complexity index is 643. The number of hydrogen-bond acceptors (Lipinski definition) is 4. The van der Waals surface area contributed by atoms with Crippen molar-refractivity contribution in [2.75, 3.05) is 12.1 Å². The fourth-order valence-corrected chi connectivity index (χ4v) is 2.54. The molecule has 0 saturated carbocycles. The minimum atomic E-state index is 0.187. The molecule has 0 bridgehead atoms. The van der Waals surface area contributed by atoms with E-state index in [1.54, 1.807) is 18.2 Å². The number of nitrogens with one attached hydrogen (secondary N) is 1. The molecule has 5 heteroatoms. The molecule has 0 amide bonds. The Morgan fingerprint density at radius 3 is 2.57 bits per heavy atom. The molecule has 21 heavy (non-hydrogen) atoms. The van der Waals surface area contributed by atoms with Gasteiger partial charge in [-0.3, -0.25) is 0 Å². The van der Waals surface area contributed by atoms with Gasteiger partial charge < -0.3 is 19.9 Å². The summed E-state index contributed by atoms with van der Waals surface area (Å²) in [5.74, 6) is 1.66. The van der Waals surface area contributed by atoms with Gasteiger partial charge in [0.1, 0.15) is 5.75 Å². The number of rotatable bonds is 4. The van der Waals surface area contributed by atoms with Crippen molar-refractivity contribution in [3.63, 3.8) is 0 Å². The molecule has 3 rings (SSSR count). The van der Waals surface area contributed by atoms with E-state index in [1.807, 2.05) is 18.2 Å². The third kappa shape index (κ3) is 3.16. The van der Waals surface area contributed by atoms with Crippen molar-refractivity contribution in [2.24, 2.45) is 0 Å². The first-order valence-corrected chi connectivity index (χ1v) is 7.13. The average Bonchev–Trinajstić information content (AvgIpc) is 2.89. The van der Waals surface area contributed by atoms with Crippen molar-refractivity contribution in [1.29, 1.82) is 0 Å². The largest absolute Gasteiger partial charge is 0.508 e. The van der Waals surface area contributed by atoms with Crippen LogP contribution in [0.15, 0.2) is 36.4 Å². The average molecular weight is 306 g/mol. The summed E-state index contributed by atoms with van der Waals surface area (Å²) in [4.78, 5) is 0. The maximum absolute atomic E-state index is 9.29. The summed E-state index contributed by atoms with van der Waals surface area (Å²) in [7, 11) is 0. The van der Waals surface area contributed by atoms with Crippen molar-refractivity contribution >= 4 is 17.3 Å². The van der Waals surface area contributed by atoms with E-state index in [4.69, 9.17) is 21.1 Å². The number of benzene rings is 2. The highest BCUT2D eigenvalue weighted by atomic mass is 35.5. The van der Waals surface area contributed by atoms with Gasteiger partial charge in [0.05, 0.1) is 10.7 Å². The summed E-state index contributed by atoms with van der Waals surface area (Å²) in [6, 6.07) is 11.0. The summed E-state index contributed by atoms with van der Waals surface area (Å²) >= 11 is 6.24. The second-order valence-corrected chi connectivity index (χ2v) is 5.51. The molecule has 1 unspecified atom stereocenters. The van der Waals surface area contributed by atoms with Gasteiger partial charge in [-0.15, -0.1) is 0 Å². The van der Waals surface area contributed by atoms with Crippen LogP contribution in [0.3, 0.4) is 0 Å². The van der Waals surface area contributed by atoms with Crippen LogP contribution in [0.4, 0.5) is 5.69 Å². The molecule has 2 aromatic rings. The summed E-state index contributed by atoms with van der Waals surface area (Å²) in [6.45, 7) is 2.31. The quantitative estimate of drug-likeness (QED) is 0.901. The molecule has 2 N–H and O–H groups in total. The second kappa shape index (κ2) is 5.74. The molecule has 0 fully saturated rings. The normalized spacial score (nSPS) is 14.0. The Morgan fingerprint density at radius 2 is 1.86 bits per heavy atom. The van der Waals surface area contributed by atoms with E-state index in [0.717, 1.165) is 17.7 Å². The van der Waals surface area contributed by atoms with Crippen molar-refractivity contribution < 1.29 is 14.6 Å². The van der Waals surface area contributed by atoms with E-state index < -0.39 is 0 Å². The van der Waals surface area contributed by atoms with Crippen LogP contribution in [0.25, 0.3) is 0 Å². The first-order valence-electron chi connectivity index (χ1n) is 6.75. The van der Waals surface area contributed by atoms with Crippen molar-refractivity contribution in [3.8, 4) is 17.2 Å². The van der Waals surface area contributed by atoms with Gasteiger partial charge in [0.2, 0.25) is 6.79 Å². The Kier molecular flexibility index (Phi) is 3.80. The van der Waals surface area contributed by atoms with Gasteiger partial charge in [-0.25, -0.2) is 0 Å². The lowest BCUT2D eigenvalue weighted by Crippen LogP contribution is -2.18. The van der Waals surface area contributed by atoms with Crippen LogP contribution in [-0.4, -0.2) is 17.9 Å². The zero-order valence-corrected chi connectivity index (χ0v) is 12.4. The molecule has 1 aliphatic rings. The highest BCUT2D eigenvalue weighted by Gasteiger charge is 2.17. The van der Waals surface area contributed by atoms with Gasteiger partial charge in [0, 0.05) is 18.2 Å². The molecule has 110 valence electrons. The third-order valence-corrected chi connectivity index (χ3v) is 3.66. The predicted molar refractivity (Wildman–Crippen MR) is 82.5 cm³/mol. The van der Waals surface area contributed by atoms with Crippen LogP contribution in [-0.2, 0) is 6.42 Å². The van der Waals surface area contributed by atoms with Gasteiger partial charge in [-0.1, -0.05) is 23.7 Å². The molecule has 0 aromatic heterocycles. The molecule has 1 aliphatic heterocycles. The summed E-state index contributed by atoms with van der Waals surface area (Å²) in [6.07, 6.45) is 0.824. The minimum Gasteiger partial charge on any atom is -0.508 e. The number of halogens is 1. The Hall–Kier alpha value is -2.07. The van der Waals surface area contributed by atoms with Crippen LogP contribution in [0.2, 0.25) is 5.02 Å². The maximum Gasteiger partial charge on any atom is 0.231 e. The summed E-state index contributed by atoms with van der Waals surface area (Å²) in [5.41, 5.74) is 1.97. The monoisotopic (exact) mass is 305 g/mol. The van der Waals surface area contributed by atoms with Crippen molar-refractivity contribution in [3.05, 3.63) is 47.0 Å². The zero-order valence-electron chi connectivity index (χ0n) is 11.6. The summed E-state index contributed by atoms with van der Waals surface area (Å²) in [5, 5.41) is 13.3. The first kappa shape index (κ1) is 13.9. The molecule has 4 nitrogen and oxygen atoms in total. The summed E-state index contributed by atoms with van der Waals surface area (Å²) < 4.78 is 10.6. The fraction of sp³-hybridized carbons (Fsp3) is 0.250. The molecule has 1 heterocycles. The second-order valence-electron chi connectivity index (χ2n) is 5.10. The third-order valence-electron chi connectivity index (χ3n) is 3.34. The lowest BCUT2D eigenvalue weighted by atomic mass is 10.1. The standard InChI is InChI=1S/C16H16ClNO3/c1-10(6-11-2-4-12(19)5-3-11)18-14-8-16-15(7-13(14)17)20-9-21-16/h2-5,7-8,10,18-19H,6,9H2,1H3. The fourth-order valence-electron chi connectivity index (χ4n) is 2.33. The van der Waals surface area contributed by atoms with E-state index >= 15 is 0 Å². The number of aromatic hydroxyl groups is 1. The number of ether oxygens (including phenoxy) is 2. The smallest absolute Gasteiger partial charge is 0.231 e. The molecule has 0 aliphatic carbocycles. The van der Waals surface area contributed by atoms with Crippen LogP contribution in [0.1, 0.15) is 12.5 Å². The maximum atomic E-state index is 9.29. The SMILES string of the molecule is CC(Cc1ccc(O)cc1)Nc1cc2c(cc1Cl)OCO2. The molecule has 0 saturated heterocycles. The molecule has 1 atom stereocenters. The Balaban J connectivity index is 1.70. The zero-order chi connectivity index (χ0) is 14.8. The number of fused-ring (bicyclic) bond motifs is 1. The van der Waals surface area contributed by atoms with Crippen LogP contribution in [0, 0.1) is 0 Å². The van der Waals surface area contributed by atoms with Gasteiger partial charge in [0.25, 0.3) is 0 Å². The molecule has 0 radical (unpaired) electrons. The first-order chi connectivity index (χ1) is 10.1. The Labute approximate surface area is 128 Å². The lowest BCUT2D eigenvalue weighted by molar-refractivity contribution is 0.174. The van der Waals surface area contributed by atoms with Crippen molar-refractivity contribution in [1.82, 2.24) is 0 Å². The molecular weight excluding hydrogens is 290 g/mol. The molecular formula is C16H16ClNO3. The van der Waals surface area contributed by atoms with Gasteiger partial charge in [-0.05, 0) is 31.0 Å². The number of phenols is 1. The molecule has 0 spiro atoms. The highest BCUT2D eigenvalue weighted by Crippen LogP contribution is 2.39. The predicted octanol–water partition coefficient (Wildman–Crippen LogP) is 3.82. The van der Waals surface area contributed by atoms with E-state index in [1.165, 1.54) is 0 Å². The molecule has 2 aromatic carbocycles. The van der Waals surface area contributed by atoms with Gasteiger partial charge in [0.15, 0.2) is 11.5 Å². The topological polar surface area (TPSA) is 50.7 Å². The van der Waals surface area contributed by atoms with E-state index in [9.17, 15) is 5.11 Å². The number of phenolic OH excluding ortho intramolecular Hbond substituents is 1. The van der Waals surface area contributed by atoms with Crippen LogP contribution in [0.5, 0.6) is 17.2 Å². The van der Waals surface area contributed by atoms with Gasteiger partial charge in [-0.2, -0.15) is 0 Å². The van der Waals surface area contributed by atoms with E-state index in [2.05, 4.69) is 12.2 Å². The van der Waals surface area contributed by atoms with E-state index in [0.29, 0.717) is 16.5 Å². The number of anilines is 1.